The molecule has 3 nitrogen and oxygen atoms in total. The summed E-state index contributed by atoms with van der Waals surface area (Å²) in [5.74, 6) is 0.515. The van der Waals surface area contributed by atoms with Gasteiger partial charge in [0, 0.05) is 12.6 Å². The van der Waals surface area contributed by atoms with Gasteiger partial charge in [-0.05, 0) is 27.9 Å². The van der Waals surface area contributed by atoms with Crippen molar-refractivity contribution in [1.82, 2.24) is 9.55 Å². The number of aryl methyl sites for hydroxylation is 1. The number of benzene rings is 1. The minimum Gasteiger partial charge on any atom is -0.369 e. The molecule has 0 aliphatic carbocycles. The predicted molar refractivity (Wildman–Crippen MR) is 70.1 cm³/mol. The van der Waals surface area contributed by atoms with Crippen molar-refractivity contribution in [3.05, 3.63) is 34.4 Å². The maximum Gasteiger partial charge on any atom is 0.201 e. The third-order valence-corrected chi connectivity index (χ3v) is 3.60. The van der Waals surface area contributed by atoms with Gasteiger partial charge in [0.2, 0.25) is 5.95 Å². The van der Waals surface area contributed by atoms with E-state index in [0.717, 1.165) is 22.3 Å². The fraction of sp³-hybridized carbons (Fsp3) is 0.250. The van der Waals surface area contributed by atoms with Crippen molar-refractivity contribution in [2.75, 3.05) is 5.73 Å². The molecule has 0 bridgehead atoms. The van der Waals surface area contributed by atoms with Gasteiger partial charge in [-0.15, -0.1) is 0 Å². The van der Waals surface area contributed by atoms with E-state index >= 15 is 0 Å². The zero-order valence-electron chi connectivity index (χ0n) is 9.37. The molecular weight excluding hydrogens is 266 g/mol. The van der Waals surface area contributed by atoms with Gasteiger partial charge in [0.1, 0.15) is 10.3 Å². The van der Waals surface area contributed by atoms with Gasteiger partial charge in [-0.1, -0.05) is 31.2 Å². The molecule has 84 valence electrons. The Morgan fingerprint density at radius 3 is 2.38 bits per heavy atom. The minimum absolute atomic E-state index is 0.515. The molecular formula is C12H14BrN3. The molecule has 1 aromatic carbocycles. The normalized spacial score (nSPS) is 10.7. The van der Waals surface area contributed by atoms with E-state index in [1.807, 2.05) is 11.6 Å². The Morgan fingerprint density at radius 2 is 1.94 bits per heavy atom. The van der Waals surface area contributed by atoms with Gasteiger partial charge in [-0.25, -0.2) is 4.98 Å². The molecule has 0 radical (unpaired) electrons. The molecule has 2 N–H and O–H groups in total. The Balaban J connectivity index is 2.46. The summed E-state index contributed by atoms with van der Waals surface area (Å²) in [5.41, 5.74) is 9.05. The van der Waals surface area contributed by atoms with Crippen molar-refractivity contribution in [2.45, 2.75) is 13.3 Å². The Kier molecular flexibility index (Phi) is 3.01. The summed E-state index contributed by atoms with van der Waals surface area (Å²) < 4.78 is 2.73. The van der Waals surface area contributed by atoms with E-state index in [0.29, 0.717) is 5.95 Å². The molecule has 0 saturated heterocycles. The number of aromatic nitrogens is 2. The number of anilines is 1. The van der Waals surface area contributed by atoms with Crippen LogP contribution in [-0.2, 0) is 13.5 Å². The second kappa shape index (κ2) is 4.29. The quantitative estimate of drug-likeness (QED) is 0.919. The Morgan fingerprint density at radius 1 is 1.31 bits per heavy atom. The van der Waals surface area contributed by atoms with Crippen LogP contribution in [0, 0.1) is 0 Å². The molecule has 0 unspecified atom stereocenters. The van der Waals surface area contributed by atoms with Gasteiger partial charge >= 0.3 is 0 Å². The molecule has 0 spiro atoms. The smallest absolute Gasteiger partial charge is 0.201 e. The van der Waals surface area contributed by atoms with E-state index in [-0.39, 0.29) is 0 Å². The highest BCUT2D eigenvalue weighted by molar-refractivity contribution is 9.10. The molecule has 1 aromatic heterocycles. The van der Waals surface area contributed by atoms with E-state index < -0.39 is 0 Å². The molecule has 1 heterocycles. The van der Waals surface area contributed by atoms with Crippen molar-refractivity contribution >= 4 is 21.9 Å². The van der Waals surface area contributed by atoms with Crippen molar-refractivity contribution in [3.8, 4) is 11.3 Å². The Labute approximate surface area is 103 Å². The third kappa shape index (κ3) is 1.85. The lowest BCUT2D eigenvalue weighted by molar-refractivity contribution is 0.907. The fourth-order valence-corrected chi connectivity index (χ4v) is 2.08. The number of halogens is 1. The fourth-order valence-electron chi connectivity index (χ4n) is 1.58. The summed E-state index contributed by atoms with van der Waals surface area (Å²) in [6, 6.07) is 8.38. The van der Waals surface area contributed by atoms with Crippen molar-refractivity contribution in [2.24, 2.45) is 7.05 Å². The molecule has 2 rings (SSSR count). The minimum atomic E-state index is 0.515. The third-order valence-electron chi connectivity index (χ3n) is 2.70. The number of nitrogen functional groups attached to an aromatic ring is 1. The summed E-state index contributed by atoms with van der Waals surface area (Å²) in [6.07, 6.45) is 1.05. The van der Waals surface area contributed by atoms with Crippen molar-refractivity contribution in [1.29, 1.82) is 0 Å². The summed E-state index contributed by atoms with van der Waals surface area (Å²) in [7, 11) is 1.89. The summed E-state index contributed by atoms with van der Waals surface area (Å²) in [6.45, 7) is 2.14. The van der Waals surface area contributed by atoms with Crippen molar-refractivity contribution in [3.63, 3.8) is 0 Å². The van der Waals surface area contributed by atoms with Gasteiger partial charge < -0.3 is 10.3 Å². The second-order valence-electron chi connectivity index (χ2n) is 3.72. The molecule has 0 fully saturated rings. The topological polar surface area (TPSA) is 43.8 Å². The SMILES string of the molecule is CCc1ccc(-c2nc(N)n(C)c2Br)cc1. The van der Waals surface area contributed by atoms with Crippen LogP contribution in [0.1, 0.15) is 12.5 Å². The summed E-state index contributed by atoms with van der Waals surface area (Å²) >= 11 is 3.49. The van der Waals surface area contributed by atoms with Gasteiger partial charge in [0.15, 0.2) is 0 Å². The number of rotatable bonds is 2. The zero-order chi connectivity index (χ0) is 11.7. The van der Waals surface area contributed by atoms with Crippen LogP contribution < -0.4 is 5.73 Å². The molecule has 0 saturated carbocycles. The number of hydrogen-bond donors (Lipinski definition) is 1. The monoisotopic (exact) mass is 279 g/mol. The van der Waals surface area contributed by atoms with Gasteiger partial charge in [-0.3, -0.25) is 0 Å². The van der Waals surface area contributed by atoms with E-state index in [9.17, 15) is 0 Å². The Hall–Kier alpha value is -1.29. The first-order chi connectivity index (χ1) is 7.63. The molecule has 0 atom stereocenters. The highest BCUT2D eigenvalue weighted by atomic mass is 79.9. The largest absolute Gasteiger partial charge is 0.369 e. The predicted octanol–water partition coefficient (Wildman–Crippen LogP) is 2.99. The lowest BCUT2D eigenvalue weighted by atomic mass is 10.1. The zero-order valence-corrected chi connectivity index (χ0v) is 11.0. The van der Waals surface area contributed by atoms with Crippen LogP contribution in [0.25, 0.3) is 11.3 Å². The molecule has 4 heteroatoms. The van der Waals surface area contributed by atoms with E-state index in [4.69, 9.17) is 5.73 Å². The van der Waals surface area contributed by atoms with E-state index in [1.165, 1.54) is 5.56 Å². The molecule has 0 aliphatic rings. The summed E-state index contributed by atoms with van der Waals surface area (Å²) in [4.78, 5) is 4.33. The van der Waals surface area contributed by atoms with Crippen LogP contribution in [0.3, 0.4) is 0 Å². The lowest BCUT2D eigenvalue weighted by Gasteiger charge is -2.00. The van der Waals surface area contributed by atoms with E-state index in [2.05, 4.69) is 52.1 Å². The molecule has 2 aromatic rings. The first-order valence-electron chi connectivity index (χ1n) is 5.20. The molecule has 0 aliphatic heterocycles. The number of hydrogen-bond acceptors (Lipinski definition) is 2. The van der Waals surface area contributed by atoms with Crippen LogP contribution in [0.5, 0.6) is 0 Å². The van der Waals surface area contributed by atoms with Gasteiger partial charge in [-0.2, -0.15) is 0 Å². The molecule has 0 amide bonds. The second-order valence-corrected chi connectivity index (χ2v) is 4.47. The van der Waals surface area contributed by atoms with Crippen molar-refractivity contribution < 1.29 is 0 Å². The average Bonchev–Trinajstić information content (AvgIpc) is 2.57. The van der Waals surface area contributed by atoms with E-state index in [1.54, 1.807) is 0 Å². The van der Waals surface area contributed by atoms with Crippen LogP contribution in [-0.4, -0.2) is 9.55 Å². The van der Waals surface area contributed by atoms with Crippen LogP contribution in [0.15, 0.2) is 28.9 Å². The number of imidazole rings is 1. The lowest BCUT2D eigenvalue weighted by Crippen LogP contribution is -1.96. The Bertz CT molecular complexity index is 500. The van der Waals surface area contributed by atoms with Gasteiger partial charge in [0.25, 0.3) is 0 Å². The highest BCUT2D eigenvalue weighted by Gasteiger charge is 2.11. The highest BCUT2D eigenvalue weighted by Crippen LogP contribution is 2.29. The summed E-state index contributed by atoms with van der Waals surface area (Å²) in [5, 5.41) is 0. The maximum atomic E-state index is 5.76. The van der Waals surface area contributed by atoms with Crippen LogP contribution in [0.2, 0.25) is 0 Å². The first-order valence-corrected chi connectivity index (χ1v) is 5.99. The first kappa shape index (κ1) is 11.2. The number of nitrogens with zero attached hydrogens (tertiary/aromatic N) is 2. The van der Waals surface area contributed by atoms with Crippen LogP contribution >= 0.6 is 15.9 Å². The standard InChI is InChI=1S/C12H14BrN3/c1-3-8-4-6-9(7-5-8)10-11(13)16(2)12(14)15-10/h4-7H,3H2,1-2H3,(H2,14,15). The number of nitrogens with two attached hydrogens (primary N) is 1. The average molecular weight is 280 g/mol. The van der Waals surface area contributed by atoms with Crippen LogP contribution in [0.4, 0.5) is 5.95 Å². The van der Waals surface area contributed by atoms with Gasteiger partial charge in [0.05, 0.1) is 0 Å². The maximum absolute atomic E-state index is 5.76. The molecule has 16 heavy (non-hydrogen) atoms.